The minimum absolute atomic E-state index is 0.109. The van der Waals surface area contributed by atoms with Gasteiger partial charge in [0.2, 0.25) is 0 Å². The molecular formula is C19H21N3O2. The van der Waals surface area contributed by atoms with Crippen molar-refractivity contribution >= 4 is 16.6 Å². The number of anilines is 1. The van der Waals surface area contributed by atoms with Gasteiger partial charge in [0.05, 0.1) is 26.5 Å². The van der Waals surface area contributed by atoms with Gasteiger partial charge in [-0.2, -0.15) is 5.10 Å². The van der Waals surface area contributed by atoms with E-state index in [-0.39, 0.29) is 6.04 Å². The molecule has 5 heteroatoms. The molecule has 3 rings (SSSR count). The van der Waals surface area contributed by atoms with Crippen LogP contribution in [0.25, 0.3) is 10.8 Å². The van der Waals surface area contributed by atoms with Gasteiger partial charge in [-0.05, 0) is 31.5 Å². The van der Waals surface area contributed by atoms with E-state index in [0.717, 1.165) is 16.6 Å². The van der Waals surface area contributed by atoms with E-state index in [1.54, 1.807) is 20.4 Å². The second-order valence-electron chi connectivity index (χ2n) is 5.77. The normalized spacial score (nSPS) is 12.0. The van der Waals surface area contributed by atoms with E-state index < -0.39 is 0 Å². The maximum absolute atomic E-state index is 5.40. The van der Waals surface area contributed by atoms with Crippen LogP contribution in [0.4, 0.5) is 5.82 Å². The van der Waals surface area contributed by atoms with Gasteiger partial charge in [0.1, 0.15) is 0 Å². The molecule has 0 aliphatic rings. The zero-order chi connectivity index (χ0) is 17.1. The molecule has 1 heterocycles. The average Bonchev–Trinajstić information content (AvgIpc) is 2.60. The maximum Gasteiger partial charge on any atom is 0.161 e. The third-order valence-corrected chi connectivity index (χ3v) is 4.06. The molecule has 0 aliphatic carbocycles. The Kier molecular flexibility index (Phi) is 4.51. The molecule has 1 atom stereocenters. The largest absolute Gasteiger partial charge is 0.493 e. The summed E-state index contributed by atoms with van der Waals surface area (Å²) in [6.07, 6.45) is 1.72. The average molecular weight is 323 g/mol. The Morgan fingerprint density at radius 2 is 1.79 bits per heavy atom. The lowest BCUT2D eigenvalue weighted by atomic mass is 10.1. The van der Waals surface area contributed by atoms with Crippen LogP contribution in [0.15, 0.2) is 42.6 Å². The van der Waals surface area contributed by atoms with Gasteiger partial charge in [0.15, 0.2) is 17.3 Å². The Balaban J connectivity index is 2.00. The smallest absolute Gasteiger partial charge is 0.161 e. The third-order valence-electron chi connectivity index (χ3n) is 4.06. The molecule has 0 aliphatic heterocycles. The number of hydrogen-bond donors (Lipinski definition) is 1. The summed E-state index contributed by atoms with van der Waals surface area (Å²) in [5, 5.41) is 13.7. The number of hydrogen-bond acceptors (Lipinski definition) is 5. The first kappa shape index (κ1) is 16.1. The standard InChI is InChI=1S/C19H21N3O2/c1-12-6-5-7-14(8-12)13(2)21-19-16-10-18(24-4)17(23-3)9-15(16)11-20-22-19/h5-11,13H,1-4H3,(H,21,22)/t13-/m1/s1. The molecule has 2 aromatic carbocycles. The van der Waals surface area contributed by atoms with Crippen LogP contribution < -0.4 is 14.8 Å². The van der Waals surface area contributed by atoms with Crippen molar-refractivity contribution in [3.8, 4) is 11.5 Å². The lowest BCUT2D eigenvalue weighted by molar-refractivity contribution is 0.356. The minimum Gasteiger partial charge on any atom is -0.493 e. The Morgan fingerprint density at radius 3 is 2.50 bits per heavy atom. The van der Waals surface area contributed by atoms with Crippen molar-refractivity contribution in [3.05, 3.63) is 53.7 Å². The predicted molar refractivity (Wildman–Crippen MR) is 95.9 cm³/mol. The summed E-state index contributed by atoms with van der Waals surface area (Å²) >= 11 is 0. The van der Waals surface area contributed by atoms with Gasteiger partial charge in [0.25, 0.3) is 0 Å². The van der Waals surface area contributed by atoms with Crippen LogP contribution in [-0.4, -0.2) is 24.4 Å². The molecule has 124 valence electrons. The molecule has 0 amide bonds. The van der Waals surface area contributed by atoms with Crippen molar-refractivity contribution in [2.45, 2.75) is 19.9 Å². The molecule has 0 unspecified atom stereocenters. The van der Waals surface area contributed by atoms with Crippen LogP contribution in [0.1, 0.15) is 24.1 Å². The van der Waals surface area contributed by atoms with Gasteiger partial charge in [-0.25, -0.2) is 0 Å². The van der Waals surface area contributed by atoms with Crippen molar-refractivity contribution < 1.29 is 9.47 Å². The van der Waals surface area contributed by atoms with E-state index in [0.29, 0.717) is 11.5 Å². The zero-order valence-corrected chi connectivity index (χ0v) is 14.3. The number of aromatic nitrogens is 2. The molecule has 5 nitrogen and oxygen atoms in total. The molecule has 1 aromatic heterocycles. The molecule has 1 N–H and O–H groups in total. The Hall–Kier alpha value is -2.82. The van der Waals surface area contributed by atoms with Crippen LogP contribution in [0.3, 0.4) is 0 Å². The Morgan fingerprint density at radius 1 is 1.04 bits per heavy atom. The highest BCUT2D eigenvalue weighted by atomic mass is 16.5. The second-order valence-corrected chi connectivity index (χ2v) is 5.77. The number of nitrogens with one attached hydrogen (secondary N) is 1. The summed E-state index contributed by atoms with van der Waals surface area (Å²) < 4.78 is 10.8. The first-order chi connectivity index (χ1) is 11.6. The number of ether oxygens (including phenoxy) is 2. The lowest BCUT2D eigenvalue weighted by Gasteiger charge is -2.17. The summed E-state index contributed by atoms with van der Waals surface area (Å²) in [5.41, 5.74) is 2.44. The lowest BCUT2D eigenvalue weighted by Crippen LogP contribution is -2.09. The topological polar surface area (TPSA) is 56.3 Å². The van der Waals surface area contributed by atoms with E-state index >= 15 is 0 Å². The van der Waals surface area contributed by atoms with Crippen LogP contribution in [-0.2, 0) is 0 Å². The molecule has 0 saturated heterocycles. The highest BCUT2D eigenvalue weighted by molar-refractivity contribution is 5.93. The summed E-state index contributed by atoms with van der Waals surface area (Å²) in [5.74, 6) is 2.07. The quantitative estimate of drug-likeness (QED) is 0.765. The summed E-state index contributed by atoms with van der Waals surface area (Å²) in [4.78, 5) is 0. The zero-order valence-electron chi connectivity index (χ0n) is 14.3. The fraction of sp³-hybridized carbons (Fsp3) is 0.263. The molecular weight excluding hydrogens is 302 g/mol. The molecule has 24 heavy (non-hydrogen) atoms. The number of fused-ring (bicyclic) bond motifs is 1. The van der Waals surface area contributed by atoms with Gasteiger partial charge in [-0.15, -0.1) is 5.10 Å². The van der Waals surface area contributed by atoms with Crippen molar-refractivity contribution in [1.29, 1.82) is 0 Å². The van der Waals surface area contributed by atoms with Gasteiger partial charge < -0.3 is 14.8 Å². The second kappa shape index (κ2) is 6.74. The van der Waals surface area contributed by atoms with Crippen LogP contribution in [0.5, 0.6) is 11.5 Å². The molecule has 0 spiro atoms. The first-order valence-electron chi connectivity index (χ1n) is 7.83. The van der Waals surface area contributed by atoms with Gasteiger partial charge in [-0.1, -0.05) is 29.8 Å². The highest BCUT2D eigenvalue weighted by Gasteiger charge is 2.13. The number of rotatable bonds is 5. The van der Waals surface area contributed by atoms with Gasteiger partial charge >= 0.3 is 0 Å². The third kappa shape index (κ3) is 3.11. The molecule has 3 aromatic rings. The Bertz CT molecular complexity index is 864. The number of methoxy groups -OCH3 is 2. The summed E-state index contributed by atoms with van der Waals surface area (Å²) in [6.45, 7) is 4.20. The molecule has 0 bridgehead atoms. The van der Waals surface area contributed by atoms with E-state index in [9.17, 15) is 0 Å². The SMILES string of the molecule is COc1cc2cnnc(N[C@H](C)c3cccc(C)c3)c2cc1OC. The predicted octanol–water partition coefficient (Wildman–Crippen LogP) is 4.13. The number of aryl methyl sites for hydroxylation is 1. The van der Waals surface area contributed by atoms with Crippen LogP contribution >= 0.6 is 0 Å². The first-order valence-corrected chi connectivity index (χ1v) is 7.83. The van der Waals surface area contributed by atoms with Crippen molar-refractivity contribution in [2.75, 3.05) is 19.5 Å². The number of nitrogens with zero attached hydrogens (tertiary/aromatic N) is 2. The van der Waals surface area contributed by atoms with Crippen molar-refractivity contribution in [2.24, 2.45) is 0 Å². The molecule has 0 radical (unpaired) electrons. The van der Waals surface area contributed by atoms with Crippen molar-refractivity contribution in [3.63, 3.8) is 0 Å². The van der Waals surface area contributed by atoms with Crippen LogP contribution in [0.2, 0.25) is 0 Å². The van der Waals surface area contributed by atoms with Gasteiger partial charge in [0, 0.05) is 10.8 Å². The van der Waals surface area contributed by atoms with Crippen molar-refractivity contribution in [1.82, 2.24) is 10.2 Å². The van der Waals surface area contributed by atoms with E-state index in [1.165, 1.54) is 11.1 Å². The fourth-order valence-electron chi connectivity index (χ4n) is 2.74. The van der Waals surface area contributed by atoms with E-state index in [1.807, 2.05) is 12.1 Å². The highest BCUT2D eigenvalue weighted by Crippen LogP contribution is 2.35. The van der Waals surface area contributed by atoms with E-state index in [2.05, 4.69) is 53.6 Å². The summed E-state index contributed by atoms with van der Waals surface area (Å²) in [7, 11) is 3.25. The van der Waals surface area contributed by atoms with Crippen LogP contribution in [0, 0.1) is 6.92 Å². The molecule has 0 saturated carbocycles. The summed E-state index contributed by atoms with van der Waals surface area (Å²) in [6, 6.07) is 12.4. The minimum atomic E-state index is 0.109. The monoisotopic (exact) mass is 323 g/mol. The van der Waals surface area contributed by atoms with E-state index in [4.69, 9.17) is 9.47 Å². The Labute approximate surface area is 141 Å². The fourth-order valence-corrected chi connectivity index (χ4v) is 2.74. The molecule has 0 fully saturated rings. The maximum atomic E-state index is 5.40. The number of benzene rings is 2. The van der Waals surface area contributed by atoms with Gasteiger partial charge in [-0.3, -0.25) is 0 Å².